The van der Waals surface area contributed by atoms with E-state index in [1.807, 2.05) is 19.1 Å². The molecule has 0 aliphatic carbocycles. The van der Waals surface area contributed by atoms with Gasteiger partial charge in [-0.05, 0) is 30.7 Å². The third-order valence-electron chi connectivity index (χ3n) is 3.10. The maximum absolute atomic E-state index is 11.2. The number of ether oxygens (including phenoxy) is 5. The molecule has 25 heavy (non-hydrogen) atoms. The minimum atomic E-state index is -0.335. The Labute approximate surface area is 149 Å². The van der Waals surface area contributed by atoms with Crippen LogP contribution in [0.4, 0.5) is 5.69 Å². The standard InChI is InChI=1S/C18H29NO6/c1-2-3-8-25-18(20)15-23-12-11-21-9-10-22-13-14-24-17-6-4-16(19)5-7-17/h4-7H,2-3,8-15,19H2,1H3. The fraction of sp³-hybridized carbons (Fsp3) is 0.611. The van der Waals surface area contributed by atoms with Crippen LogP contribution in [-0.4, -0.2) is 58.8 Å². The van der Waals surface area contributed by atoms with Crippen molar-refractivity contribution in [2.45, 2.75) is 19.8 Å². The predicted octanol–water partition coefficient (Wildman–Crippen LogP) is 2.04. The van der Waals surface area contributed by atoms with Gasteiger partial charge in [-0.25, -0.2) is 4.79 Å². The van der Waals surface area contributed by atoms with Gasteiger partial charge in [0, 0.05) is 5.69 Å². The first-order valence-corrected chi connectivity index (χ1v) is 8.59. The van der Waals surface area contributed by atoms with E-state index < -0.39 is 0 Å². The third-order valence-corrected chi connectivity index (χ3v) is 3.10. The number of esters is 1. The van der Waals surface area contributed by atoms with Crippen LogP contribution < -0.4 is 10.5 Å². The van der Waals surface area contributed by atoms with Crippen molar-refractivity contribution >= 4 is 11.7 Å². The van der Waals surface area contributed by atoms with Crippen LogP contribution in [0.2, 0.25) is 0 Å². The van der Waals surface area contributed by atoms with Crippen molar-refractivity contribution in [1.29, 1.82) is 0 Å². The normalized spacial score (nSPS) is 10.6. The summed E-state index contributed by atoms with van der Waals surface area (Å²) in [6.07, 6.45) is 1.87. The first-order chi connectivity index (χ1) is 12.2. The van der Waals surface area contributed by atoms with Gasteiger partial charge in [0.05, 0.1) is 39.6 Å². The molecule has 1 aromatic rings. The molecule has 0 heterocycles. The summed E-state index contributed by atoms with van der Waals surface area (Å²) in [7, 11) is 0. The van der Waals surface area contributed by atoms with E-state index in [0.717, 1.165) is 18.6 Å². The monoisotopic (exact) mass is 355 g/mol. The molecule has 7 nitrogen and oxygen atoms in total. The zero-order valence-corrected chi connectivity index (χ0v) is 14.9. The molecular weight excluding hydrogens is 326 g/mol. The Bertz CT molecular complexity index is 451. The third kappa shape index (κ3) is 12.2. The highest BCUT2D eigenvalue weighted by Gasteiger charge is 2.02. The highest BCUT2D eigenvalue weighted by Crippen LogP contribution is 2.12. The van der Waals surface area contributed by atoms with Crippen LogP contribution >= 0.6 is 0 Å². The maximum atomic E-state index is 11.2. The number of benzene rings is 1. The fourth-order valence-corrected chi connectivity index (χ4v) is 1.75. The van der Waals surface area contributed by atoms with Gasteiger partial charge < -0.3 is 29.4 Å². The topological polar surface area (TPSA) is 89.2 Å². The summed E-state index contributed by atoms with van der Waals surface area (Å²) in [5, 5.41) is 0. The van der Waals surface area contributed by atoms with Crippen LogP contribution in [-0.2, 0) is 23.7 Å². The summed E-state index contributed by atoms with van der Waals surface area (Å²) >= 11 is 0. The molecule has 0 radical (unpaired) electrons. The molecule has 0 amide bonds. The van der Waals surface area contributed by atoms with E-state index in [1.54, 1.807) is 12.1 Å². The molecule has 0 spiro atoms. The molecule has 0 unspecified atom stereocenters. The Morgan fingerprint density at radius 3 is 2.12 bits per heavy atom. The lowest BCUT2D eigenvalue weighted by molar-refractivity contribution is -0.149. The first-order valence-electron chi connectivity index (χ1n) is 8.59. The summed E-state index contributed by atoms with van der Waals surface area (Å²) in [6, 6.07) is 7.21. The van der Waals surface area contributed by atoms with Gasteiger partial charge in [0.1, 0.15) is 19.0 Å². The van der Waals surface area contributed by atoms with Crippen LogP contribution in [0.3, 0.4) is 0 Å². The Morgan fingerprint density at radius 1 is 0.880 bits per heavy atom. The van der Waals surface area contributed by atoms with E-state index in [9.17, 15) is 4.79 Å². The summed E-state index contributed by atoms with van der Waals surface area (Å²) in [5.74, 6) is 0.428. The predicted molar refractivity (Wildman–Crippen MR) is 94.7 cm³/mol. The molecule has 0 saturated carbocycles. The molecule has 2 N–H and O–H groups in total. The van der Waals surface area contributed by atoms with Crippen LogP contribution in [0.25, 0.3) is 0 Å². The minimum absolute atomic E-state index is 0.0357. The lowest BCUT2D eigenvalue weighted by Crippen LogP contribution is -2.16. The van der Waals surface area contributed by atoms with E-state index in [2.05, 4.69) is 0 Å². The van der Waals surface area contributed by atoms with E-state index >= 15 is 0 Å². The van der Waals surface area contributed by atoms with Gasteiger partial charge in [0.2, 0.25) is 0 Å². The van der Waals surface area contributed by atoms with Crippen molar-refractivity contribution in [3.63, 3.8) is 0 Å². The number of anilines is 1. The molecular formula is C18H29NO6. The molecule has 142 valence electrons. The average molecular weight is 355 g/mol. The quantitative estimate of drug-likeness (QED) is 0.292. The second-order valence-electron chi connectivity index (χ2n) is 5.27. The van der Waals surface area contributed by atoms with Crippen molar-refractivity contribution in [2.24, 2.45) is 0 Å². The number of unbranched alkanes of at least 4 members (excludes halogenated alkanes) is 1. The Hall–Kier alpha value is -1.83. The van der Waals surface area contributed by atoms with Crippen molar-refractivity contribution < 1.29 is 28.5 Å². The van der Waals surface area contributed by atoms with Gasteiger partial charge in [-0.2, -0.15) is 0 Å². The molecule has 0 aliphatic rings. The lowest BCUT2D eigenvalue weighted by atomic mass is 10.3. The Balaban J connectivity index is 1.81. The molecule has 0 fully saturated rings. The highest BCUT2D eigenvalue weighted by atomic mass is 16.6. The van der Waals surface area contributed by atoms with Crippen LogP contribution in [0.1, 0.15) is 19.8 Å². The number of carbonyl (C=O) groups excluding carboxylic acids is 1. The zero-order chi connectivity index (χ0) is 18.2. The lowest BCUT2D eigenvalue weighted by Gasteiger charge is -2.08. The van der Waals surface area contributed by atoms with Crippen molar-refractivity contribution in [1.82, 2.24) is 0 Å². The number of nitrogen functional groups attached to an aromatic ring is 1. The molecule has 1 rings (SSSR count). The van der Waals surface area contributed by atoms with Crippen LogP contribution in [0.15, 0.2) is 24.3 Å². The number of hydrogen-bond acceptors (Lipinski definition) is 7. The van der Waals surface area contributed by atoms with E-state index in [-0.39, 0.29) is 12.6 Å². The number of hydrogen-bond donors (Lipinski definition) is 1. The summed E-state index contributed by atoms with van der Waals surface area (Å²) < 4.78 is 26.3. The van der Waals surface area contributed by atoms with E-state index in [1.165, 1.54) is 0 Å². The Morgan fingerprint density at radius 2 is 1.48 bits per heavy atom. The minimum Gasteiger partial charge on any atom is -0.491 e. The second-order valence-corrected chi connectivity index (χ2v) is 5.27. The smallest absolute Gasteiger partial charge is 0.332 e. The van der Waals surface area contributed by atoms with Gasteiger partial charge in [-0.3, -0.25) is 0 Å². The van der Waals surface area contributed by atoms with Crippen molar-refractivity contribution in [3.8, 4) is 5.75 Å². The maximum Gasteiger partial charge on any atom is 0.332 e. The number of rotatable bonds is 15. The molecule has 0 bridgehead atoms. The summed E-state index contributed by atoms with van der Waals surface area (Å²) in [6.45, 7) is 5.10. The van der Waals surface area contributed by atoms with Gasteiger partial charge in [-0.15, -0.1) is 0 Å². The fourth-order valence-electron chi connectivity index (χ4n) is 1.75. The van der Waals surface area contributed by atoms with E-state index in [4.69, 9.17) is 29.4 Å². The molecule has 0 aromatic heterocycles. The second kappa shape index (κ2) is 14.5. The molecule has 7 heteroatoms. The number of carbonyl (C=O) groups is 1. The van der Waals surface area contributed by atoms with Crippen molar-refractivity contribution in [2.75, 3.05) is 58.6 Å². The Kier molecular flexibility index (Phi) is 12.3. The zero-order valence-electron chi connectivity index (χ0n) is 14.9. The van der Waals surface area contributed by atoms with Crippen LogP contribution in [0.5, 0.6) is 5.75 Å². The average Bonchev–Trinajstić information content (AvgIpc) is 2.61. The summed E-state index contributed by atoms with van der Waals surface area (Å²) in [4.78, 5) is 11.2. The molecule has 0 aliphatic heterocycles. The van der Waals surface area contributed by atoms with Gasteiger partial charge in [0.25, 0.3) is 0 Å². The van der Waals surface area contributed by atoms with Gasteiger partial charge in [0.15, 0.2) is 0 Å². The first kappa shape index (κ1) is 21.2. The largest absolute Gasteiger partial charge is 0.491 e. The SMILES string of the molecule is CCCCOC(=O)COCCOCCOCCOc1ccc(N)cc1. The van der Waals surface area contributed by atoms with Gasteiger partial charge >= 0.3 is 5.97 Å². The van der Waals surface area contributed by atoms with Crippen molar-refractivity contribution in [3.05, 3.63) is 24.3 Å². The molecule has 1 aromatic carbocycles. The molecule has 0 saturated heterocycles. The van der Waals surface area contributed by atoms with Crippen LogP contribution in [0, 0.1) is 0 Å². The molecule has 0 atom stereocenters. The summed E-state index contributed by atoms with van der Waals surface area (Å²) in [5.41, 5.74) is 6.30. The van der Waals surface area contributed by atoms with Gasteiger partial charge in [-0.1, -0.05) is 13.3 Å². The highest BCUT2D eigenvalue weighted by molar-refractivity contribution is 5.70. The van der Waals surface area contributed by atoms with E-state index in [0.29, 0.717) is 51.9 Å². The number of nitrogens with two attached hydrogens (primary N) is 1.